The summed E-state index contributed by atoms with van der Waals surface area (Å²) in [5, 5.41) is 6.28. The van der Waals surface area contributed by atoms with Gasteiger partial charge in [0, 0.05) is 23.6 Å². The maximum Gasteiger partial charge on any atom is 0.251 e. The van der Waals surface area contributed by atoms with Gasteiger partial charge in [-0.15, -0.1) is 0 Å². The van der Waals surface area contributed by atoms with Crippen LogP contribution in [0.25, 0.3) is 0 Å². The van der Waals surface area contributed by atoms with Gasteiger partial charge in [-0.1, -0.05) is 48.0 Å². The van der Waals surface area contributed by atoms with Crippen molar-refractivity contribution in [3.05, 3.63) is 94.5 Å². The maximum absolute atomic E-state index is 13.0. The maximum atomic E-state index is 13.0. The first-order valence-electron chi connectivity index (χ1n) is 10.1. The van der Waals surface area contributed by atoms with Crippen LogP contribution in [0.5, 0.6) is 11.5 Å². The van der Waals surface area contributed by atoms with Gasteiger partial charge < -0.3 is 20.1 Å². The summed E-state index contributed by atoms with van der Waals surface area (Å²) in [6.07, 6.45) is 0.359. The Balaban J connectivity index is 1.72. The summed E-state index contributed by atoms with van der Waals surface area (Å²) in [5.41, 5.74) is 2.22. The Morgan fingerprint density at radius 2 is 1.56 bits per heavy atom. The zero-order chi connectivity index (χ0) is 22.9. The van der Waals surface area contributed by atoms with Crippen LogP contribution in [-0.4, -0.2) is 32.1 Å². The highest BCUT2D eigenvalue weighted by atomic mass is 35.5. The summed E-state index contributed by atoms with van der Waals surface area (Å²) in [6.45, 7) is 0.279. The lowest BCUT2D eigenvalue weighted by Gasteiger charge is -2.19. The molecule has 3 rings (SSSR count). The average molecular weight is 453 g/mol. The number of amides is 2. The van der Waals surface area contributed by atoms with E-state index in [2.05, 4.69) is 10.6 Å². The summed E-state index contributed by atoms with van der Waals surface area (Å²) >= 11 is 5.91. The molecule has 0 heterocycles. The zero-order valence-corrected chi connectivity index (χ0v) is 18.7. The lowest BCUT2D eigenvalue weighted by molar-refractivity contribution is -0.123. The van der Waals surface area contributed by atoms with Crippen LogP contribution in [0.15, 0.2) is 72.8 Å². The standard InChI is InChI=1S/C25H25ClN2O4/c1-31-22-13-8-18(15-23(22)32-2)16-27-25(30)21(14-17-6-4-3-5-7-17)28-24(29)19-9-11-20(26)12-10-19/h3-13,15,21H,14,16H2,1-2H3,(H,27,30)(H,28,29)/t21-/m0/s1. The van der Waals surface area contributed by atoms with E-state index in [0.717, 1.165) is 11.1 Å². The Hall–Kier alpha value is -3.51. The third kappa shape index (κ3) is 6.25. The van der Waals surface area contributed by atoms with Crippen LogP contribution in [0.2, 0.25) is 5.02 Å². The van der Waals surface area contributed by atoms with Crippen LogP contribution in [0.1, 0.15) is 21.5 Å². The van der Waals surface area contributed by atoms with Gasteiger partial charge in [0.05, 0.1) is 14.2 Å². The van der Waals surface area contributed by atoms with E-state index in [0.29, 0.717) is 28.5 Å². The molecule has 7 heteroatoms. The highest BCUT2D eigenvalue weighted by molar-refractivity contribution is 6.30. The summed E-state index contributed by atoms with van der Waals surface area (Å²) in [6, 6.07) is 20.7. The molecule has 0 aliphatic heterocycles. The van der Waals surface area contributed by atoms with Crippen molar-refractivity contribution >= 4 is 23.4 Å². The molecule has 166 valence electrons. The normalized spacial score (nSPS) is 11.3. The first-order valence-corrected chi connectivity index (χ1v) is 10.5. The number of carbonyl (C=O) groups is 2. The number of hydrogen-bond donors (Lipinski definition) is 2. The minimum absolute atomic E-state index is 0.279. The second-order valence-electron chi connectivity index (χ2n) is 7.13. The van der Waals surface area contributed by atoms with Crippen molar-refractivity contribution in [2.75, 3.05) is 14.2 Å². The molecule has 0 fully saturated rings. The second-order valence-corrected chi connectivity index (χ2v) is 7.57. The third-order valence-corrected chi connectivity index (χ3v) is 5.18. The molecule has 0 spiro atoms. The van der Waals surface area contributed by atoms with Crippen LogP contribution in [0, 0.1) is 0 Å². The van der Waals surface area contributed by atoms with Crippen LogP contribution >= 0.6 is 11.6 Å². The summed E-state index contributed by atoms with van der Waals surface area (Å²) in [7, 11) is 3.12. The number of nitrogens with one attached hydrogen (secondary N) is 2. The number of methoxy groups -OCH3 is 2. The Morgan fingerprint density at radius 3 is 2.22 bits per heavy atom. The number of rotatable bonds is 9. The SMILES string of the molecule is COc1ccc(CNC(=O)[C@H](Cc2ccccc2)NC(=O)c2ccc(Cl)cc2)cc1OC. The van der Waals surface area contributed by atoms with Crippen LogP contribution in [0.4, 0.5) is 0 Å². The fourth-order valence-electron chi connectivity index (χ4n) is 3.20. The van der Waals surface area contributed by atoms with E-state index in [4.69, 9.17) is 21.1 Å². The quantitative estimate of drug-likeness (QED) is 0.514. The molecule has 1 atom stereocenters. The van der Waals surface area contributed by atoms with E-state index in [1.165, 1.54) is 0 Å². The molecule has 0 aliphatic rings. The third-order valence-electron chi connectivity index (χ3n) is 4.93. The van der Waals surface area contributed by atoms with E-state index >= 15 is 0 Å². The number of halogens is 1. The second kappa shape index (κ2) is 11.2. The minimum atomic E-state index is -0.749. The molecule has 0 unspecified atom stereocenters. The molecule has 0 aromatic heterocycles. The van der Waals surface area contributed by atoms with E-state index < -0.39 is 6.04 Å². The van der Waals surface area contributed by atoms with Crippen molar-refractivity contribution in [2.24, 2.45) is 0 Å². The van der Waals surface area contributed by atoms with Gasteiger partial charge in [0.25, 0.3) is 5.91 Å². The first-order chi connectivity index (χ1) is 15.5. The average Bonchev–Trinajstić information content (AvgIpc) is 2.82. The van der Waals surface area contributed by atoms with Crippen molar-refractivity contribution in [2.45, 2.75) is 19.0 Å². The van der Waals surface area contributed by atoms with Crippen molar-refractivity contribution < 1.29 is 19.1 Å². The molecule has 6 nitrogen and oxygen atoms in total. The fraction of sp³-hybridized carbons (Fsp3) is 0.200. The van der Waals surface area contributed by atoms with E-state index in [-0.39, 0.29) is 18.4 Å². The molecule has 2 N–H and O–H groups in total. The largest absolute Gasteiger partial charge is 0.493 e. The van der Waals surface area contributed by atoms with Gasteiger partial charge in [0.15, 0.2) is 11.5 Å². The number of ether oxygens (including phenoxy) is 2. The number of hydrogen-bond acceptors (Lipinski definition) is 4. The summed E-state index contributed by atoms with van der Waals surface area (Å²) < 4.78 is 10.6. The van der Waals surface area contributed by atoms with Crippen molar-refractivity contribution in [1.82, 2.24) is 10.6 Å². The Bertz CT molecular complexity index is 1060. The van der Waals surface area contributed by atoms with Gasteiger partial charge in [-0.2, -0.15) is 0 Å². The minimum Gasteiger partial charge on any atom is -0.493 e. The highest BCUT2D eigenvalue weighted by Crippen LogP contribution is 2.27. The Morgan fingerprint density at radius 1 is 0.875 bits per heavy atom. The van der Waals surface area contributed by atoms with Gasteiger partial charge in [-0.3, -0.25) is 9.59 Å². The van der Waals surface area contributed by atoms with Gasteiger partial charge in [-0.25, -0.2) is 0 Å². The molecular formula is C25H25ClN2O4. The lowest BCUT2D eigenvalue weighted by Crippen LogP contribution is -2.47. The summed E-state index contributed by atoms with van der Waals surface area (Å²) in [4.78, 5) is 25.7. The van der Waals surface area contributed by atoms with Crippen molar-refractivity contribution in [1.29, 1.82) is 0 Å². The van der Waals surface area contributed by atoms with E-state index in [1.54, 1.807) is 50.6 Å². The molecule has 0 aliphatic carbocycles. The fourth-order valence-corrected chi connectivity index (χ4v) is 3.33. The van der Waals surface area contributed by atoms with E-state index in [9.17, 15) is 9.59 Å². The molecule has 0 radical (unpaired) electrons. The van der Waals surface area contributed by atoms with Crippen molar-refractivity contribution in [3.63, 3.8) is 0 Å². The van der Waals surface area contributed by atoms with Crippen LogP contribution in [-0.2, 0) is 17.8 Å². The van der Waals surface area contributed by atoms with Gasteiger partial charge in [0.1, 0.15) is 6.04 Å². The number of benzene rings is 3. The molecule has 0 bridgehead atoms. The molecular weight excluding hydrogens is 428 g/mol. The zero-order valence-electron chi connectivity index (χ0n) is 17.9. The molecule has 2 amide bonds. The first kappa shape index (κ1) is 23.2. The highest BCUT2D eigenvalue weighted by Gasteiger charge is 2.22. The van der Waals surface area contributed by atoms with Crippen molar-refractivity contribution in [3.8, 4) is 11.5 Å². The smallest absolute Gasteiger partial charge is 0.251 e. The topological polar surface area (TPSA) is 76.7 Å². The molecule has 3 aromatic carbocycles. The van der Waals surface area contributed by atoms with Gasteiger partial charge >= 0.3 is 0 Å². The Kier molecular flexibility index (Phi) is 8.11. The molecule has 0 saturated carbocycles. The monoisotopic (exact) mass is 452 g/mol. The Labute approximate surface area is 192 Å². The lowest BCUT2D eigenvalue weighted by atomic mass is 10.0. The number of carbonyl (C=O) groups excluding carboxylic acids is 2. The van der Waals surface area contributed by atoms with Crippen LogP contribution < -0.4 is 20.1 Å². The summed E-state index contributed by atoms with van der Waals surface area (Å²) in [5.74, 6) is 0.561. The van der Waals surface area contributed by atoms with Gasteiger partial charge in [0.2, 0.25) is 5.91 Å². The predicted molar refractivity (Wildman–Crippen MR) is 124 cm³/mol. The van der Waals surface area contributed by atoms with E-state index in [1.807, 2.05) is 36.4 Å². The van der Waals surface area contributed by atoms with Crippen LogP contribution in [0.3, 0.4) is 0 Å². The molecule has 32 heavy (non-hydrogen) atoms. The van der Waals surface area contributed by atoms with Gasteiger partial charge in [-0.05, 0) is 47.5 Å². The molecule has 3 aromatic rings. The predicted octanol–water partition coefficient (Wildman–Crippen LogP) is 4.01. The molecule has 0 saturated heterocycles.